The molecule has 0 saturated carbocycles. The molecule has 3 aromatic rings. The van der Waals surface area contributed by atoms with Crippen molar-refractivity contribution in [1.29, 1.82) is 0 Å². The second kappa shape index (κ2) is 11.8. The van der Waals surface area contributed by atoms with Gasteiger partial charge in [-0.3, -0.25) is 4.79 Å². The molecule has 0 bridgehead atoms. The maximum absolute atomic E-state index is 12.2. The van der Waals surface area contributed by atoms with E-state index >= 15 is 0 Å². The standard InChI is InChI=1S/C21H21NO5.C7H8/c1-14-3-8-18(15(2)11-14)20(24)27-13-17-6-4-16(5-7-17)12-19(23)22-9-10-26-21(22)25;1-7-5-3-2-4-6-7/h3-8,11H,9-10,12-13H2,1-2H3;2-6H,1H3. The number of carbonyl (C=O) groups is 3. The molecule has 1 fully saturated rings. The molecule has 1 saturated heterocycles. The van der Waals surface area contributed by atoms with E-state index in [1.165, 1.54) is 5.56 Å². The quantitative estimate of drug-likeness (QED) is 0.492. The summed E-state index contributed by atoms with van der Waals surface area (Å²) in [7, 11) is 0. The Kier molecular flexibility index (Phi) is 8.57. The summed E-state index contributed by atoms with van der Waals surface area (Å²) in [6.07, 6.45) is -0.465. The Morgan fingerprint density at radius 1 is 0.882 bits per heavy atom. The van der Waals surface area contributed by atoms with Crippen molar-refractivity contribution in [2.45, 2.75) is 33.8 Å². The van der Waals surface area contributed by atoms with Crippen LogP contribution in [0.15, 0.2) is 72.8 Å². The van der Waals surface area contributed by atoms with Crippen LogP contribution >= 0.6 is 0 Å². The molecular formula is C28H29NO5. The Hall–Kier alpha value is -3.93. The number of hydrogen-bond acceptors (Lipinski definition) is 5. The third-order valence-corrected chi connectivity index (χ3v) is 5.35. The lowest BCUT2D eigenvalue weighted by Crippen LogP contribution is -2.32. The lowest BCUT2D eigenvalue weighted by molar-refractivity contribution is -0.127. The monoisotopic (exact) mass is 459 g/mol. The van der Waals surface area contributed by atoms with E-state index < -0.39 is 6.09 Å². The number of imide groups is 1. The van der Waals surface area contributed by atoms with E-state index in [4.69, 9.17) is 9.47 Å². The highest BCUT2D eigenvalue weighted by molar-refractivity contribution is 5.94. The molecule has 4 rings (SSSR count). The first-order valence-corrected chi connectivity index (χ1v) is 11.1. The minimum atomic E-state index is -0.588. The van der Waals surface area contributed by atoms with E-state index in [9.17, 15) is 14.4 Å². The fourth-order valence-corrected chi connectivity index (χ4v) is 3.45. The Labute approximate surface area is 200 Å². The third kappa shape index (κ3) is 7.04. The highest BCUT2D eigenvalue weighted by Gasteiger charge is 2.28. The van der Waals surface area contributed by atoms with Crippen molar-refractivity contribution in [3.8, 4) is 0 Å². The van der Waals surface area contributed by atoms with Gasteiger partial charge in [-0.25, -0.2) is 14.5 Å². The molecule has 1 aliphatic rings. The van der Waals surface area contributed by atoms with Gasteiger partial charge < -0.3 is 9.47 Å². The Bertz CT molecular complexity index is 1140. The van der Waals surface area contributed by atoms with Crippen LogP contribution in [0.3, 0.4) is 0 Å². The van der Waals surface area contributed by atoms with Gasteiger partial charge in [0.1, 0.15) is 13.2 Å². The molecule has 6 heteroatoms. The lowest BCUT2D eigenvalue weighted by atomic mass is 10.1. The molecular weight excluding hydrogens is 430 g/mol. The fourth-order valence-electron chi connectivity index (χ4n) is 3.45. The highest BCUT2D eigenvalue weighted by atomic mass is 16.6. The molecule has 1 aliphatic heterocycles. The van der Waals surface area contributed by atoms with Crippen LogP contribution in [0.2, 0.25) is 0 Å². The second-order valence-corrected chi connectivity index (χ2v) is 8.20. The number of nitrogens with zero attached hydrogens (tertiary/aromatic N) is 1. The van der Waals surface area contributed by atoms with Crippen molar-refractivity contribution in [3.63, 3.8) is 0 Å². The van der Waals surface area contributed by atoms with Crippen LogP contribution in [-0.4, -0.2) is 36.0 Å². The van der Waals surface area contributed by atoms with Crippen molar-refractivity contribution in [2.75, 3.05) is 13.2 Å². The fraction of sp³-hybridized carbons (Fsp3) is 0.250. The summed E-state index contributed by atoms with van der Waals surface area (Å²) in [5.74, 6) is -0.647. The first kappa shape index (κ1) is 24.7. The van der Waals surface area contributed by atoms with Crippen LogP contribution in [0.5, 0.6) is 0 Å². The van der Waals surface area contributed by atoms with Crippen molar-refractivity contribution in [2.24, 2.45) is 0 Å². The first-order valence-electron chi connectivity index (χ1n) is 11.1. The molecule has 3 aromatic carbocycles. The van der Waals surface area contributed by atoms with Gasteiger partial charge in [-0.05, 0) is 43.5 Å². The molecule has 0 aromatic heterocycles. The van der Waals surface area contributed by atoms with Crippen LogP contribution < -0.4 is 0 Å². The third-order valence-electron chi connectivity index (χ3n) is 5.35. The normalized spacial score (nSPS) is 12.4. The average molecular weight is 460 g/mol. The van der Waals surface area contributed by atoms with E-state index in [0.717, 1.165) is 27.2 Å². The number of amides is 2. The molecule has 0 N–H and O–H groups in total. The number of carbonyl (C=O) groups excluding carboxylic acids is 3. The van der Waals surface area contributed by atoms with Gasteiger partial charge in [-0.15, -0.1) is 0 Å². The van der Waals surface area contributed by atoms with E-state index in [0.29, 0.717) is 12.1 Å². The van der Waals surface area contributed by atoms with Crippen LogP contribution in [0.25, 0.3) is 0 Å². The van der Waals surface area contributed by atoms with Gasteiger partial charge in [0.15, 0.2) is 0 Å². The van der Waals surface area contributed by atoms with Gasteiger partial charge in [0.25, 0.3) is 0 Å². The molecule has 0 spiro atoms. The first-order chi connectivity index (χ1) is 16.3. The summed E-state index contributed by atoms with van der Waals surface area (Å²) in [6, 6.07) is 23.0. The predicted molar refractivity (Wildman–Crippen MR) is 129 cm³/mol. The van der Waals surface area contributed by atoms with Gasteiger partial charge >= 0.3 is 12.1 Å². The zero-order chi connectivity index (χ0) is 24.5. The zero-order valence-electron chi connectivity index (χ0n) is 19.7. The summed E-state index contributed by atoms with van der Waals surface area (Å²) < 4.78 is 10.1. The molecule has 0 unspecified atom stereocenters. The van der Waals surface area contributed by atoms with Crippen molar-refractivity contribution in [1.82, 2.24) is 4.90 Å². The van der Waals surface area contributed by atoms with E-state index in [1.807, 2.05) is 44.2 Å². The van der Waals surface area contributed by atoms with Gasteiger partial charge in [-0.1, -0.05) is 77.9 Å². The topological polar surface area (TPSA) is 72.9 Å². The molecule has 176 valence electrons. The van der Waals surface area contributed by atoms with E-state index in [1.54, 1.807) is 30.3 Å². The maximum atomic E-state index is 12.2. The highest BCUT2D eigenvalue weighted by Crippen LogP contribution is 2.14. The second-order valence-electron chi connectivity index (χ2n) is 8.20. The molecule has 0 aliphatic carbocycles. The summed E-state index contributed by atoms with van der Waals surface area (Å²) in [5, 5.41) is 0. The molecule has 6 nitrogen and oxygen atoms in total. The zero-order valence-corrected chi connectivity index (χ0v) is 19.7. The number of esters is 1. The molecule has 0 radical (unpaired) electrons. The van der Waals surface area contributed by atoms with Crippen LogP contribution in [0.4, 0.5) is 4.79 Å². The van der Waals surface area contributed by atoms with Crippen LogP contribution in [0.1, 0.15) is 38.2 Å². The van der Waals surface area contributed by atoms with E-state index in [2.05, 4.69) is 19.1 Å². The van der Waals surface area contributed by atoms with Crippen LogP contribution in [0, 0.1) is 20.8 Å². The Morgan fingerprint density at radius 2 is 1.56 bits per heavy atom. The number of hydrogen-bond donors (Lipinski definition) is 0. The van der Waals surface area contributed by atoms with E-state index in [-0.39, 0.29) is 31.5 Å². The van der Waals surface area contributed by atoms with Gasteiger partial charge in [0.2, 0.25) is 5.91 Å². The molecule has 1 heterocycles. The Morgan fingerprint density at radius 3 is 2.12 bits per heavy atom. The average Bonchev–Trinajstić information content (AvgIpc) is 3.25. The molecule has 0 atom stereocenters. The Balaban J connectivity index is 0.000000396. The van der Waals surface area contributed by atoms with Gasteiger partial charge in [0.05, 0.1) is 18.5 Å². The summed E-state index contributed by atoms with van der Waals surface area (Å²) in [5.41, 5.74) is 5.46. The SMILES string of the molecule is Cc1ccc(C(=O)OCc2ccc(CC(=O)N3CCOC3=O)cc2)c(C)c1.Cc1ccccc1. The van der Waals surface area contributed by atoms with Crippen molar-refractivity contribution in [3.05, 3.63) is 106 Å². The van der Waals surface area contributed by atoms with Gasteiger partial charge in [0, 0.05) is 0 Å². The summed E-state index contributed by atoms with van der Waals surface area (Å²) in [6.45, 7) is 6.63. The number of rotatable bonds is 5. The van der Waals surface area contributed by atoms with Crippen LogP contribution in [-0.2, 0) is 27.3 Å². The largest absolute Gasteiger partial charge is 0.457 e. The summed E-state index contributed by atoms with van der Waals surface area (Å²) in [4.78, 5) is 36.8. The lowest BCUT2D eigenvalue weighted by Gasteiger charge is -2.11. The molecule has 34 heavy (non-hydrogen) atoms. The van der Waals surface area contributed by atoms with Gasteiger partial charge in [-0.2, -0.15) is 0 Å². The number of cyclic esters (lactones) is 1. The van der Waals surface area contributed by atoms with Crippen molar-refractivity contribution >= 4 is 18.0 Å². The number of ether oxygens (including phenoxy) is 2. The number of aryl methyl sites for hydroxylation is 3. The smallest absolute Gasteiger partial charge is 0.416 e. The minimum Gasteiger partial charge on any atom is -0.457 e. The maximum Gasteiger partial charge on any atom is 0.416 e. The molecule has 2 amide bonds. The number of benzene rings is 3. The predicted octanol–water partition coefficient (Wildman–Crippen LogP) is 5.18. The van der Waals surface area contributed by atoms with Crippen molar-refractivity contribution < 1.29 is 23.9 Å². The minimum absolute atomic E-state index is 0.123. The summed E-state index contributed by atoms with van der Waals surface area (Å²) >= 11 is 0.